The minimum Gasteiger partial charge on any atom is -0.459 e. The number of phosphoric acid groups is 9. The van der Waals surface area contributed by atoms with Gasteiger partial charge < -0.3 is 91.9 Å². The Morgan fingerprint density at radius 1 is 0.585 bits per heavy atom. The first-order chi connectivity index (χ1) is 48.6. The molecule has 0 bridgehead atoms. The molecule has 0 aliphatic carbocycles. The maximum absolute atomic E-state index is 12.6. The highest BCUT2D eigenvalue weighted by molar-refractivity contribution is 7.67. The number of carbonyl (C=O) groups excluding carboxylic acids is 1. The number of carbonyl (C=O) groups is 1. The summed E-state index contributed by atoms with van der Waals surface area (Å²) in [6.07, 6.45) is 0.0131. The van der Waals surface area contributed by atoms with Crippen molar-refractivity contribution in [1.29, 1.82) is 0 Å². The molecule has 0 amide bonds. The Hall–Kier alpha value is -3.56. The molecule has 106 heavy (non-hydrogen) atoms. The second-order valence-electron chi connectivity index (χ2n) is 23.9. The van der Waals surface area contributed by atoms with Crippen LogP contribution in [0.25, 0.3) is 0 Å². The number of para-hydroxylation sites is 1. The van der Waals surface area contributed by atoms with Crippen molar-refractivity contribution in [2.75, 3.05) is 33.0 Å². The zero-order valence-corrected chi connectivity index (χ0v) is 64.4. The minimum atomic E-state index is -5.77. The van der Waals surface area contributed by atoms with Gasteiger partial charge in [0.05, 0.1) is 73.4 Å². The molecule has 14 N–H and O–H groups in total. The molecule has 3 aromatic rings. The van der Waals surface area contributed by atoms with E-state index in [9.17, 15) is 105 Å². The highest BCUT2D eigenvalue weighted by Gasteiger charge is 2.48. The quantitative estimate of drug-likeness (QED) is 0.0126. The second kappa shape index (κ2) is 38.8. The smallest absolute Gasteiger partial charge is 0.459 e. The van der Waals surface area contributed by atoms with Gasteiger partial charge in [-0.1, -0.05) is 38.3 Å². The predicted molar refractivity (Wildman–Crippen MR) is 350 cm³/mol. The van der Waals surface area contributed by atoms with Crippen LogP contribution in [0, 0.1) is 29.4 Å². The topological polar surface area (TPSA) is 714 Å². The Morgan fingerprint density at radius 3 is 1.42 bits per heavy atom. The first kappa shape index (κ1) is 93.0. The SMILES string of the molecule is CCCCCC(C)(C)C(=O)OC1C[C@H](C)O[C@@H]1COP(=O)(O)OP(=O)(O)OP(=O)(O)O.Cc1cn([C@H]2CC(OCC3CCCCO3)[C@@H](COP(=O)(O)OP(=O)(O)OP(=O)(O)O)O2)c(=O)[nH]c1=O.Cc1cn([C@H]2CC(OCc3ccccc3[N+](=O)[O-])[C@@H](COP(=O)(O)OP(=O)(O)OP(=O)(O)O)O2)c(=O)[nH]c1=O. The number of phosphoric ester groups is 3. The molecule has 0 saturated carbocycles. The monoisotopic (exact) mass is 1710 g/mol. The Morgan fingerprint density at radius 2 is 1.01 bits per heavy atom. The van der Waals surface area contributed by atoms with Crippen LogP contribution in [-0.2, 0) is 125 Å². The fourth-order valence-electron chi connectivity index (χ4n) is 9.99. The van der Waals surface area contributed by atoms with Gasteiger partial charge in [-0.3, -0.25) is 57.2 Å². The number of nitro benzene ring substituents is 1. The van der Waals surface area contributed by atoms with E-state index in [-0.39, 0.29) is 60.6 Å². The van der Waals surface area contributed by atoms with Crippen LogP contribution in [0.1, 0.15) is 121 Å². The minimum absolute atomic E-state index is 0.0581. The Balaban J connectivity index is 0.000000287. The summed E-state index contributed by atoms with van der Waals surface area (Å²) in [6.45, 7) is 8.19. The van der Waals surface area contributed by atoms with Gasteiger partial charge in [0.2, 0.25) is 0 Å². The van der Waals surface area contributed by atoms with E-state index in [0.29, 0.717) is 19.4 Å². The molecule has 0 spiro atoms. The van der Waals surface area contributed by atoms with Crippen LogP contribution in [0.5, 0.6) is 0 Å². The van der Waals surface area contributed by atoms with Gasteiger partial charge in [0.25, 0.3) is 16.8 Å². The van der Waals surface area contributed by atoms with Crippen LogP contribution in [0.4, 0.5) is 5.69 Å². The number of hydrogen-bond acceptors (Lipinski definition) is 32. The summed E-state index contributed by atoms with van der Waals surface area (Å²) in [7, 11) is -49.9. The molecule has 606 valence electrons. The zero-order chi connectivity index (χ0) is 80.0. The molecule has 49 nitrogen and oxygen atoms in total. The van der Waals surface area contributed by atoms with E-state index in [4.69, 9.17) is 62.5 Å². The summed E-state index contributed by atoms with van der Waals surface area (Å²) in [5, 5.41) is 11.3. The second-order valence-corrected chi connectivity index (χ2v) is 37.2. The van der Waals surface area contributed by atoms with E-state index in [1.807, 2.05) is 6.92 Å². The number of aromatic amines is 2. The number of nitrogens with zero attached hydrogens (tertiary/aromatic N) is 3. The number of nitrogens with one attached hydrogen (secondary N) is 2. The maximum atomic E-state index is 12.6. The highest BCUT2D eigenvalue weighted by atomic mass is 31.3. The van der Waals surface area contributed by atoms with E-state index >= 15 is 0 Å². The third kappa shape index (κ3) is 32.3. The third-order valence-electron chi connectivity index (χ3n) is 14.7. The van der Waals surface area contributed by atoms with Crippen molar-refractivity contribution in [2.45, 2.75) is 174 Å². The molecule has 7 rings (SSSR count). The summed E-state index contributed by atoms with van der Waals surface area (Å²) in [6, 6.07) is 5.62. The number of rotatable bonds is 36. The molecule has 6 heterocycles. The van der Waals surface area contributed by atoms with E-state index < -0.39 is 178 Å². The van der Waals surface area contributed by atoms with E-state index in [2.05, 4.69) is 49.4 Å². The van der Waals surface area contributed by atoms with Crippen molar-refractivity contribution in [2.24, 2.45) is 5.41 Å². The molecular formula is C48H80N5O44P9. The molecule has 4 saturated heterocycles. The van der Waals surface area contributed by atoms with Gasteiger partial charge in [0.15, 0.2) is 0 Å². The fraction of sp³-hybridized carbons (Fsp3) is 0.688. The first-order valence-corrected chi connectivity index (χ1v) is 44.4. The van der Waals surface area contributed by atoms with Gasteiger partial charge in [-0.05, 0) is 66.4 Å². The average molecular weight is 1710 g/mol. The number of nitro groups is 1. The first-order valence-electron chi connectivity index (χ1n) is 30.8. The molecule has 2 aromatic heterocycles. The lowest BCUT2D eigenvalue weighted by molar-refractivity contribution is -0.386. The standard InChI is InChI=1S/C17H22N3O16P3.C16H27N2O15P3.C15H31O13P3/c1-10-7-19(17(22)18-16(10)21)15-6-13(32-8-11-4-2-3-5-12(11)20(23)24)14(34-15)9-33-38(28,29)36-39(30,31)35-37(25,26)27;1-10-7-18(16(20)17-15(10)19)14-6-12(29-8-11-4-2-3-5-28-11)13(31-14)9-30-35(24,25)33-36(26,27)32-34(21,22)23;1-5-6-7-8-15(3,4)14(16)26-12-9-11(2)25-13(12)10-24-30(20,21)28-31(22,23)27-29(17,18)19/h2-5,7,13-15H,6,8-9H2,1H3,(H,28,29)(H,30,31)(H,18,21,22)(H2,25,26,27);7,11-14H,2-6,8-9H2,1H3,(H,24,25)(H,26,27)(H,17,19,20)(H2,21,22,23);11-13H,5-10H2,1-4H3,(H,20,21)(H,22,23)(H2,17,18,19)/t13?,14-,15-;11?,12?,13-,14-;11-,12?,13+/m110/s1. The van der Waals surface area contributed by atoms with Gasteiger partial charge in [-0.15, -0.1) is 0 Å². The average Bonchev–Trinajstić information content (AvgIpc) is 1.65. The summed E-state index contributed by atoms with van der Waals surface area (Å²) < 4.78 is 181. The van der Waals surface area contributed by atoms with Crippen molar-refractivity contribution in [3.8, 4) is 0 Å². The lowest BCUT2D eigenvalue weighted by atomic mass is 9.87. The number of esters is 1. The molecule has 16 atom stereocenters. The number of benzene rings is 1. The van der Waals surface area contributed by atoms with Crippen LogP contribution in [0.15, 0.2) is 55.8 Å². The van der Waals surface area contributed by atoms with Gasteiger partial charge in [0, 0.05) is 55.5 Å². The van der Waals surface area contributed by atoms with Crippen LogP contribution < -0.4 is 22.5 Å². The van der Waals surface area contributed by atoms with Crippen LogP contribution in [0.3, 0.4) is 0 Å². The van der Waals surface area contributed by atoms with Crippen LogP contribution >= 0.6 is 70.4 Å². The third-order valence-corrected chi connectivity index (χ3v) is 26.1. The maximum Gasteiger partial charge on any atom is 0.490 e. The van der Waals surface area contributed by atoms with E-state index in [0.717, 1.165) is 47.7 Å². The van der Waals surface area contributed by atoms with E-state index in [1.54, 1.807) is 20.8 Å². The summed E-state index contributed by atoms with van der Waals surface area (Å²) in [4.78, 5) is 184. The number of hydrogen-bond donors (Lipinski definition) is 14. The zero-order valence-electron chi connectivity index (χ0n) is 56.3. The number of ether oxygens (including phenoxy) is 7. The molecule has 4 fully saturated rings. The Bertz CT molecular complexity index is 4220. The molecule has 0 radical (unpaired) electrons. The van der Waals surface area contributed by atoms with Gasteiger partial charge >= 0.3 is 87.8 Å². The van der Waals surface area contributed by atoms with Crippen molar-refractivity contribution in [3.05, 3.63) is 105 Å². The highest BCUT2D eigenvalue weighted by Crippen LogP contribution is 2.69. The van der Waals surface area contributed by atoms with Crippen LogP contribution in [-0.4, -0.2) is 171 Å². The van der Waals surface area contributed by atoms with E-state index in [1.165, 1.54) is 50.5 Å². The van der Waals surface area contributed by atoms with Crippen molar-refractivity contribution in [1.82, 2.24) is 19.1 Å². The number of H-pyrrole nitrogens is 2. The molecule has 4 aliphatic rings. The molecule has 58 heteroatoms. The van der Waals surface area contributed by atoms with Crippen LogP contribution in [0.2, 0.25) is 0 Å². The van der Waals surface area contributed by atoms with Gasteiger partial charge in [0.1, 0.15) is 36.9 Å². The summed E-state index contributed by atoms with van der Waals surface area (Å²) in [5.74, 6) is -0.463. The Kier molecular flexibility index (Phi) is 34.0. The van der Waals surface area contributed by atoms with Crippen molar-refractivity contribution in [3.63, 3.8) is 0 Å². The number of aromatic nitrogens is 4. The van der Waals surface area contributed by atoms with Crippen molar-refractivity contribution >= 4 is 82.1 Å². The van der Waals surface area contributed by atoms with Gasteiger partial charge in [-0.2, -0.15) is 25.9 Å². The van der Waals surface area contributed by atoms with Gasteiger partial charge in [-0.25, -0.2) is 50.7 Å². The molecular weight excluding hydrogens is 1630 g/mol. The largest absolute Gasteiger partial charge is 0.490 e. The molecule has 10 unspecified atom stereocenters. The molecule has 4 aliphatic heterocycles. The van der Waals surface area contributed by atoms with Crippen molar-refractivity contribution < 1.29 is 182 Å². The number of unbranched alkanes of at least 4 members (excludes halogenated alkanes) is 2. The number of aryl methyl sites for hydroxylation is 2. The Labute approximate surface area is 598 Å². The lowest BCUT2D eigenvalue weighted by Crippen LogP contribution is -2.36. The predicted octanol–water partition coefficient (Wildman–Crippen LogP) is 4.42. The summed E-state index contributed by atoms with van der Waals surface area (Å²) in [5.41, 5.74) is -3.33. The normalized spacial score (nSPS) is 25.7. The summed E-state index contributed by atoms with van der Waals surface area (Å²) >= 11 is 0. The fourth-order valence-corrected chi connectivity index (χ4v) is 19.1. The lowest BCUT2D eigenvalue weighted by Gasteiger charge is -2.27. The molecule has 1 aromatic carbocycles.